The fourth-order valence-corrected chi connectivity index (χ4v) is 4.36. The standard InChI is InChI=1S/C27H25F3N4/c1-32-12-14-33(15-13-32)18-21-17-31-34(27(21)20-2-6-22(28)7-3-20)24-9-4-19(5-10-24)25-16-23(29)8-11-26(25)30/h2-11,16-17H,12-15,18H2,1H3. The molecule has 1 fully saturated rings. The Labute approximate surface area is 196 Å². The number of likely N-dealkylation sites (N-methyl/N-ethyl adjacent to an activating group) is 1. The summed E-state index contributed by atoms with van der Waals surface area (Å²) in [5.41, 5.74) is 4.38. The largest absolute Gasteiger partial charge is 0.304 e. The number of piperazine rings is 1. The molecular weight excluding hydrogens is 437 g/mol. The minimum absolute atomic E-state index is 0.210. The average Bonchev–Trinajstić information content (AvgIpc) is 3.26. The molecule has 0 amide bonds. The lowest BCUT2D eigenvalue weighted by atomic mass is 10.0. The quantitative estimate of drug-likeness (QED) is 0.399. The van der Waals surface area contributed by atoms with Gasteiger partial charge in [0.1, 0.15) is 17.5 Å². The van der Waals surface area contributed by atoms with Crippen molar-refractivity contribution < 1.29 is 13.2 Å². The molecule has 0 unspecified atom stereocenters. The lowest BCUT2D eigenvalue weighted by Gasteiger charge is -2.32. The maximum Gasteiger partial charge on any atom is 0.131 e. The number of nitrogens with zero attached hydrogens (tertiary/aromatic N) is 4. The van der Waals surface area contributed by atoms with Crippen molar-refractivity contribution in [2.45, 2.75) is 6.54 Å². The smallest absolute Gasteiger partial charge is 0.131 e. The second-order valence-corrected chi connectivity index (χ2v) is 8.69. The first-order valence-corrected chi connectivity index (χ1v) is 11.3. The molecule has 0 atom stereocenters. The molecule has 0 saturated carbocycles. The zero-order chi connectivity index (χ0) is 23.7. The highest BCUT2D eigenvalue weighted by atomic mass is 19.1. The monoisotopic (exact) mass is 462 g/mol. The van der Waals surface area contributed by atoms with Gasteiger partial charge in [-0.15, -0.1) is 0 Å². The van der Waals surface area contributed by atoms with Gasteiger partial charge < -0.3 is 4.90 Å². The predicted octanol–water partition coefficient (Wildman–Crippen LogP) is 5.37. The molecule has 1 saturated heterocycles. The van der Waals surface area contributed by atoms with Crippen LogP contribution < -0.4 is 0 Å². The first kappa shape index (κ1) is 22.4. The summed E-state index contributed by atoms with van der Waals surface area (Å²) in [4.78, 5) is 4.70. The van der Waals surface area contributed by atoms with E-state index in [1.54, 1.807) is 24.3 Å². The Bertz CT molecular complexity index is 1270. The van der Waals surface area contributed by atoms with Crippen molar-refractivity contribution in [2.75, 3.05) is 33.2 Å². The number of rotatable bonds is 5. The number of halogens is 3. The van der Waals surface area contributed by atoms with Crippen LogP contribution in [0, 0.1) is 17.5 Å². The topological polar surface area (TPSA) is 24.3 Å². The summed E-state index contributed by atoms with van der Waals surface area (Å²) in [6.07, 6.45) is 1.86. The predicted molar refractivity (Wildman–Crippen MR) is 127 cm³/mol. The van der Waals surface area contributed by atoms with E-state index >= 15 is 0 Å². The Kier molecular flexibility index (Phi) is 6.22. The van der Waals surface area contributed by atoms with E-state index < -0.39 is 11.6 Å². The van der Waals surface area contributed by atoms with Gasteiger partial charge in [0.05, 0.1) is 17.6 Å². The van der Waals surface area contributed by atoms with Gasteiger partial charge in [-0.2, -0.15) is 5.10 Å². The summed E-state index contributed by atoms with van der Waals surface area (Å²) in [6.45, 7) is 4.71. The number of hydrogen-bond donors (Lipinski definition) is 0. The van der Waals surface area contributed by atoms with Crippen LogP contribution in [-0.4, -0.2) is 52.8 Å². The second-order valence-electron chi connectivity index (χ2n) is 8.69. The normalized spacial score (nSPS) is 15.1. The summed E-state index contributed by atoms with van der Waals surface area (Å²) >= 11 is 0. The fourth-order valence-electron chi connectivity index (χ4n) is 4.36. The van der Waals surface area contributed by atoms with Crippen molar-refractivity contribution in [1.29, 1.82) is 0 Å². The van der Waals surface area contributed by atoms with E-state index in [4.69, 9.17) is 0 Å². The highest BCUT2D eigenvalue weighted by Gasteiger charge is 2.20. The molecule has 4 aromatic rings. The van der Waals surface area contributed by atoms with Crippen molar-refractivity contribution in [1.82, 2.24) is 19.6 Å². The van der Waals surface area contributed by atoms with Crippen LogP contribution in [0.15, 0.2) is 72.9 Å². The van der Waals surface area contributed by atoms with E-state index in [0.29, 0.717) is 5.56 Å². The van der Waals surface area contributed by atoms with Crippen LogP contribution in [0.5, 0.6) is 0 Å². The van der Waals surface area contributed by atoms with E-state index in [-0.39, 0.29) is 11.4 Å². The summed E-state index contributed by atoms with van der Waals surface area (Å²) in [5, 5.41) is 4.65. The average molecular weight is 463 g/mol. The first-order chi connectivity index (χ1) is 16.5. The summed E-state index contributed by atoms with van der Waals surface area (Å²) in [7, 11) is 2.12. The maximum absolute atomic E-state index is 14.2. The molecule has 0 spiro atoms. The summed E-state index contributed by atoms with van der Waals surface area (Å²) in [5.74, 6) is -1.26. The SMILES string of the molecule is CN1CCN(Cc2cnn(-c3ccc(-c4cc(F)ccc4F)cc3)c2-c2ccc(F)cc2)CC1. The van der Waals surface area contributed by atoms with Gasteiger partial charge in [0, 0.05) is 49.4 Å². The molecule has 0 bridgehead atoms. The van der Waals surface area contributed by atoms with Crippen LogP contribution in [-0.2, 0) is 6.54 Å². The minimum atomic E-state index is -0.486. The molecule has 1 aliphatic heterocycles. The second kappa shape index (κ2) is 9.44. The van der Waals surface area contributed by atoms with Crippen LogP contribution in [0.1, 0.15) is 5.56 Å². The molecule has 174 valence electrons. The van der Waals surface area contributed by atoms with E-state index in [1.165, 1.54) is 18.2 Å². The Morgan fingerprint density at radius 1 is 0.765 bits per heavy atom. The Hall–Kier alpha value is -3.42. The van der Waals surface area contributed by atoms with Crippen LogP contribution in [0.2, 0.25) is 0 Å². The minimum Gasteiger partial charge on any atom is -0.304 e. The molecule has 0 radical (unpaired) electrons. The Morgan fingerprint density at radius 3 is 2.12 bits per heavy atom. The van der Waals surface area contributed by atoms with E-state index in [0.717, 1.165) is 67.4 Å². The molecule has 1 aliphatic rings. The number of benzene rings is 3. The zero-order valence-corrected chi connectivity index (χ0v) is 18.9. The zero-order valence-electron chi connectivity index (χ0n) is 18.9. The summed E-state index contributed by atoms with van der Waals surface area (Å²) in [6, 6.07) is 17.0. The highest BCUT2D eigenvalue weighted by Crippen LogP contribution is 2.30. The lowest BCUT2D eigenvalue weighted by molar-refractivity contribution is 0.148. The molecule has 34 heavy (non-hydrogen) atoms. The van der Waals surface area contributed by atoms with Gasteiger partial charge in [-0.05, 0) is 67.2 Å². The van der Waals surface area contributed by atoms with Gasteiger partial charge >= 0.3 is 0 Å². The van der Waals surface area contributed by atoms with Crippen molar-refractivity contribution in [3.8, 4) is 28.1 Å². The molecule has 1 aromatic heterocycles. The van der Waals surface area contributed by atoms with Gasteiger partial charge in [-0.3, -0.25) is 4.90 Å². The molecule has 5 rings (SSSR count). The van der Waals surface area contributed by atoms with Gasteiger partial charge in [-0.1, -0.05) is 12.1 Å². The van der Waals surface area contributed by atoms with Crippen molar-refractivity contribution in [3.05, 3.63) is 95.9 Å². The lowest BCUT2D eigenvalue weighted by Crippen LogP contribution is -2.43. The molecule has 0 N–H and O–H groups in total. The molecule has 2 heterocycles. The van der Waals surface area contributed by atoms with Crippen LogP contribution in [0.25, 0.3) is 28.1 Å². The highest BCUT2D eigenvalue weighted by molar-refractivity contribution is 5.68. The van der Waals surface area contributed by atoms with Crippen LogP contribution in [0.3, 0.4) is 0 Å². The molecule has 7 heteroatoms. The fraction of sp³-hybridized carbons (Fsp3) is 0.222. The van der Waals surface area contributed by atoms with Gasteiger partial charge in [0.15, 0.2) is 0 Å². The van der Waals surface area contributed by atoms with Crippen molar-refractivity contribution in [3.63, 3.8) is 0 Å². The van der Waals surface area contributed by atoms with E-state index in [2.05, 4.69) is 21.9 Å². The first-order valence-electron chi connectivity index (χ1n) is 11.3. The number of aromatic nitrogens is 2. The van der Waals surface area contributed by atoms with Crippen molar-refractivity contribution in [2.24, 2.45) is 0 Å². The Balaban J connectivity index is 1.51. The van der Waals surface area contributed by atoms with Gasteiger partial charge in [0.25, 0.3) is 0 Å². The van der Waals surface area contributed by atoms with E-state index in [9.17, 15) is 13.2 Å². The molecule has 0 aliphatic carbocycles. The van der Waals surface area contributed by atoms with Gasteiger partial charge in [0.2, 0.25) is 0 Å². The molecular formula is C27H25F3N4. The van der Waals surface area contributed by atoms with Crippen LogP contribution >= 0.6 is 0 Å². The van der Waals surface area contributed by atoms with Gasteiger partial charge in [-0.25, -0.2) is 17.9 Å². The molecule has 4 nitrogen and oxygen atoms in total. The third-order valence-electron chi connectivity index (χ3n) is 6.30. The third-order valence-corrected chi connectivity index (χ3v) is 6.30. The third kappa shape index (κ3) is 4.62. The number of hydrogen-bond acceptors (Lipinski definition) is 3. The van der Waals surface area contributed by atoms with Crippen molar-refractivity contribution >= 4 is 0 Å². The van der Waals surface area contributed by atoms with E-state index in [1.807, 2.05) is 23.0 Å². The molecule has 3 aromatic carbocycles. The maximum atomic E-state index is 14.2. The van der Waals surface area contributed by atoms with Crippen LogP contribution in [0.4, 0.5) is 13.2 Å². The summed E-state index contributed by atoms with van der Waals surface area (Å²) < 4.78 is 43.3. The Morgan fingerprint density at radius 2 is 1.41 bits per heavy atom.